The zero-order valence-corrected chi connectivity index (χ0v) is 20.3. The lowest BCUT2D eigenvalue weighted by atomic mass is 9.78. The van der Waals surface area contributed by atoms with E-state index in [1.807, 2.05) is 18.4 Å². The predicted molar refractivity (Wildman–Crippen MR) is 135 cm³/mol. The van der Waals surface area contributed by atoms with Crippen molar-refractivity contribution in [3.63, 3.8) is 0 Å². The summed E-state index contributed by atoms with van der Waals surface area (Å²) in [6.45, 7) is 2.23. The van der Waals surface area contributed by atoms with Gasteiger partial charge in [-0.15, -0.1) is 11.3 Å². The molecule has 3 N–H and O–H groups in total. The molecule has 7 nitrogen and oxygen atoms in total. The van der Waals surface area contributed by atoms with E-state index in [0.717, 1.165) is 27.3 Å². The minimum atomic E-state index is -1.77. The molecule has 0 saturated carbocycles. The largest absolute Gasteiger partial charge is 0.497 e. The Hall–Kier alpha value is -3.47. The monoisotopic (exact) mass is 494 g/mol. The lowest BCUT2D eigenvalue weighted by molar-refractivity contribution is -0.120. The average Bonchev–Trinajstić information content (AvgIpc) is 3.44. The number of fused-ring (bicyclic) bond motifs is 1. The number of hydrogen-bond donors (Lipinski definition) is 3. The number of aromatic nitrogens is 1. The number of nitrogens with one attached hydrogen (secondary N) is 1. The van der Waals surface area contributed by atoms with Gasteiger partial charge in [0, 0.05) is 11.6 Å². The zero-order chi connectivity index (χ0) is 25.1. The smallest absolute Gasteiger partial charge is 0.496 e. The fraction of sp³-hybridized carbons (Fsp3) is 0.200. The number of nitrogens with zero attached hydrogens (tertiary/aromatic N) is 1. The molecule has 1 aliphatic carbocycles. The van der Waals surface area contributed by atoms with Crippen LogP contribution in [0.1, 0.15) is 35.0 Å². The molecule has 35 heavy (non-hydrogen) atoms. The summed E-state index contributed by atoms with van der Waals surface area (Å²) >= 11 is 1.46. The lowest BCUT2D eigenvalue weighted by Crippen LogP contribution is -2.32. The summed E-state index contributed by atoms with van der Waals surface area (Å²) in [6.07, 6.45) is 3.65. The van der Waals surface area contributed by atoms with Crippen LogP contribution in [0.15, 0.2) is 47.5 Å². The van der Waals surface area contributed by atoms with E-state index in [2.05, 4.69) is 10.3 Å². The summed E-state index contributed by atoms with van der Waals surface area (Å²) in [5, 5.41) is 25.0. The van der Waals surface area contributed by atoms with Crippen LogP contribution in [0.4, 0.5) is 4.39 Å². The molecule has 1 heterocycles. The second kappa shape index (κ2) is 10.4. The lowest BCUT2D eigenvalue weighted by Gasteiger charge is -2.14. The van der Waals surface area contributed by atoms with Crippen molar-refractivity contribution < 1.29 is 28.7 Å². The van der Waals surface area contributed by atoms with Crippen LogP contribution in [0.5, 0.6) is 11.5 Å². The first-order valence-corrected chi connectivity index (χ1v) is 11.7. The molecule has 1 aromatic heterocycles. The van der Waals surface area contributed by atoms with Crippen molar-refractivity contribution >= 4 is 47.0 Å². The number of amides is 1. The Morgan fingerprint density at radius 2 is 1.89 bits per heavy atom. The first kappa shape index (κ1) is 24.7. The second-order valence-electron chi connectivity index (χ2n) is 7.94. The van der Waals surface area contributed by atoms with E-state index in [4.69, 9.17) is 9.47 Å². The summed E-state index contributed by atoms with van der Waals surface area (Å²) in [6, 6.07) is 7.85. The summed E-state index contributed by atoms with van der Waals surface area (Å²) in [5.74, 6) is -0.0577. The highest BCUT2D eigenvalue weighted by Crippen LogP contribution is 2.44. The van der Waals surface area contributed by atoms with Crippen LogP contribution in [0.25, 0.3) is 17.2 Å². The molecule has 0 atom stereocenters. The SMILES string of the molecule is COc1cc(C=C2C(C)=C(CC(=O)NCc3nccs3)c3cc(F)ccc32)cc(OC)c1B(O)O. The number of allylic oxidation sites excluding steroid dienone is 2. The highest BCUT2D eigenvalue weighted by Gasteiger charge is 2.27. The number of halogens is 1. The quantitative estimate of drug-likeness (QED) is 0.417. The highest BCUT2D eigenvalue weighted by atomic mass is 32.1. The average molecular weight is 494 g/mol. The Bertz CT molecular complexity index is 1300. The van der Waals surface area contributed by atoms with Crippen molar-refractivity contribution in [2.45, 2.75) is 19.9 Å². The van der Waals surface area contributed by atoms with Gasteiger partial charge in [-0.05, 0) is 70.7 Å². The van der Waals surface area contributed by atoms with Crippen LogP contribution in [0, 0.1) is 5.82 Å². The maximum absolute atomic E-state index is 14.2. The van der Waals surface area contributed by atoms with E-state index in [1.54, 1.807) is 24.4 Å². The molecular formula is C25H24BFN2O5S. The van der Waals surface area contributed by atoms with Gasteiger partial charge in [-0.2, -0.15) is 0 Å². The van der Waals surface area contributed by atoms with Gasteiger partial charge in [-0.25, -0.2) is 9.37 Å². The minimum absolute atomic E-state index is 0.0906. The summed E-state index contributed by atoms with van der Waals surface area (Å²) in [5.41, 5.74) is 4.68. The van der Waals surface area contributed by atoms with Crippen LogP contribution in [-0.2, 0) is 11.3 Å². The Kier molecular flexibility index (Phi) is 7.35. The van der Waals surface area contributed by atoms with Crippen LogP contribution >= 0.6 is 11.3 Å². The molecule has 0 radical (unpaired) electrons. The normalized spacial score (nSPS) is 13.7. The fourth-order valence-corrected chi connectivity index (χ4v) is 4.74. The van der Waals surface area contributed by atoms with Crippen molar-refractivity contribution in [1.29, 1.82) is 0 Å². The number of ether oxygens (including phenoxy) is 2. The predicted octanol–water partition coefficient (Wildman–Crippen LogP) is 3.01. The highest BCUT2D eigenvalue weighted by molar-refractivity contribution is 7.09. The molecule has 0 unspecified atom stereocenters. The Balaban J connectivity index is 1.72. The number of hydrogen-bond acceptors (Lipinski definition) is 7. The molecule has 1 amide bonds. The Morgan fingerprint density at radius 1 is 1.17 bits per heavy atom. The number of thiazole rings is 1. The van der Waals surface area contributed by atoms with Crippen LogP contribution in [0.3, 0.4) is 0 Å². The second-order valence-corrected chi connectivity index (χ2v) is 8.92. The van der Waals surface area contributed by atoms with Crippen LogP contribution in [0.2, 0.25) is 0 Å². The van der Waals surface area contributed by atoms with E-state index in [0.29, 0.717) is 17.7 Å². The van der Waals surface area contributed by atoms with Gasteiger partial charge in [0.05, 0.1) is 32.6 Å². The van der Waals surface area contributed by atoms with Gasteiger partial charge in [-0.1, -0.05) is 6.07 Å². The van der Waals surface area contributed by atoms with E-state index in [1.165, 1.54) is 37.7 Å². The molecule has 0 bridgehead atoms. The van der Waals surface area contributed by atoms with Crippen LogP contribution < -0.4 is 20.3 Å². The number of methoxy groups -OCH3 is 2. The minimum Gasteiger partial charge on any atom is -0.497 e. The van der Waals surface area contributed by atoms with Gasteiger partial charge in [0.25, 0.3) is 0 Å². The van der Waals surface area contributed by atoms with Gasteiger partial charge < -0.3 is 24.8 Å². The molecule has 2 aromatic carbocycles. The Morgan fingerprint density at radius 3 is 2.49 bits per heavy atom. The molecule has 0 saturated heterocycles. The van der Waals surface area contributed by atoms with E-state index < -0.39 is 7.12 Å². The van der Waals surface area contributed by atoms with Gasteiger partial charge in [0.1, 0.15) is 22.3 Å². The molecule has 4 rings (SSSR count). The molecule has 1 aliphatic rings. The summed E-state index contributed by atoms with van der Waals surface area (Å²) in [4.78, 5) is 16.9. The molecule has 0 spiro atoms. The molecule has 3 aromatic rings. The van der Waals surface area contributed by atoms with Crippen LogP contribution in [-0.4, -0.2) is 42.3 Å². The van der Waals surface area contributed by atoms with E-state index in [9.17, 15) is 19.2 Å². The molecule has 10 heteroatoms. The third kappa shape index (κ3) is 5.14. The first-order chi connectivity index (χ1) is 16.8. The number of rotatable bonds is 8. The maximum atomic E-state index is 14.2. The standard InChI is InChI=1S/C25H24BFN2O5S/c1-14-18(8-15-9-21(33-2)25(26(31)32)22(10-15)34-3)17-5-4-16(27)11-20(17)19(14)12-23(30)29-13-24-28-6-7-35-24/h4-11,31-32H,12-13H2,1-3H3,(H,29,30). The number of carbonyl (C=O) groups excluding carboxylic acids is 1. The maximum Gasteiger partial charge on any atom is 0.496 e. The number of carbonyl (C=O) groups is 1. The third-order valence-electron chi connectivity index (χ3n) is 5.85. The van der Waals surface area contributed by atoms with Gasteiger partial charge in [0.15, 0.2) is 0 Å². The fourth-order valence-electron chi connectivity index (χ4n) is 4.18. The molecule has 0 aliphatic heterocycles. The number of benzene rings is 2. The van der Waals surface area contributed by atoms with E-state index >= 15 is 0 Å². The van der Waals surface area contributed by atoms with Crippen molar-refractivity contribution in [2.75, 3.05) is 14.2 Å². The van der Waals surface area contributed by atoms with Crippen molar-refractivity contribution in [3.05, 3.63) is 75.0 Å². The van der Waals surface area contributed by atoms with Crippen molar-refractivity contribution in [1.82, 2.24) is 10.3 Å². The molecule has 0 fully saturated rings. The first-order valence-electron chi connectivity index (χ1n) is 10.8. The van der Waals surface area contributed by atoms with E-state index in [-0.39, 0.29) is 35.1 Å². The molecular weight excluding hydrogens is 470 g/mol. The van der Waals surface area contributed by atoms with Gasteiger partial charge in [-0.3, -0.25) is 4.79 Å². The Labute approximate surface area is 206 Å². The van der Waals surface area contributed by atoms with Crippen molar-refractivity contribution in [3.8, 4) is 11.5 Å². The van der Waals surface area contributed by atoms with Crippen molar-refractivity contribution in [2.24, 2.45) is 0 Å². The summed E-state index contributed by atoms with van der Waals surface area (Å²) < 4.78 is 24.9. The zero-order valence-electron chi connectivity index (χ0n) is 19.5. The van der Waals surface area contributed by atoms with Gasteiger partial charge in [0.2, 0.25) is 5.91 Å². The third-order valence-corrected chi connectivity index (χ3v) is 6.63. The van der Waals surface area contributed by atoms with Gasteiger partial charge >= 0.3 is 7.12 Å². The topological polar surface area (TPSA) is 101 Å². The molecule has 180 valence electrons. The summed E-state index contributed by atoms with van der Waals surface area (Å²) in [7, 11) is 1.09.